The number of amides is 2. The molecule has 0 saturated heterocycles. The van der Waals surface area contributed by atoms with Crippen LogP contribution in [0.1, 0.15) is 18.5 Å². The first kappa shape index (κ1) is 15.0. The Morgan fingerprint density at radius 2 is 1.74 bits per heavy atom. The summed E-state index contributed by atoms with van der Waals surface area (Å²) in [5.74, 6) is -0.384. The number of nitrogens with one attached hydrogen (secondary N) is 2. The van der Waals surface area contributed by atoms with Gasteiger partial charge in [-0.05, 0) is 41.5 Å². The Kier molecular flexibility index (Phi) is 4.24. The van der Waals surface area contributed by atoms with Gasteiger partial charge in [0.05, 0.1) is 6.04 Å². The molecule has 0 radical (unpaired) electrons. The first-order valence-electron chi connectivity index (χ1n) is 7.44. The Balaban J connectivity index is 1.75. The van der Waals surface area contributed by atoms with Gasteiger partial charge < -0.3 is 10.6 Å². The highest BCUT2D eigenvalue weighted by Crippen LogP contribution is 2.24. The summed E-state index contributed by atoms with van der Waals surface area (Å²) < 4.78 is 13.1. The lowest BCUT2D eigenvalue weighted by molar-refractivity contribution is 0.249. The van der Waals surface area contributed by atoms with E-state index in [1.165, 1.54) is 12.1 Å². The van der Waals surface area contributed by atoms with E-state index in [-0.39, 0.29) is 17.9 Å². The van der Waals surface area contributed by atoms with Crippen molar-refractivity contribution >= 4 is 22.5 Å². The standard InChI is InChI=1S/C19H17FN2O/c1-13(17-11-4-7-14-6-2-3-10-18(14)17)21-19(23)22-16-9-5-8-15(20)12-16/h2-13H,1H3,(H2,21,22,23). The quantitative estimate of drug-likeness (QED) is 0.712. The summed E-state index contributed by atoms with van der Waals surface area (Å²) >= 11 is 0. The SMILES string of the molecule is CC(NC(=O)Nc1cccc(F)c1)c1cccc2ccccc12. The molecule has 0 aliphatic heterocycles. The molecule has 4 heteroatoms. The second-order valence-corrected chi connectivity index (χ2v) is 5.40. The molecule has 0 aliphatic carbocycles. The molecule has 0 heterocycles. The normalized spacial score (nSPS) is 11.9. The maximum atomic E-state index is 13.1. The number of fused-ring (bicyclic) bond motifs is 1. The van der Waals surface area contributed by atoms with Crippen LogP contribution >= 0.6 is 0 Å². The molecule has 0 saturated carbocycles. The molecule has 3 aromatic rings. The van der Waals surface area contributed by atoms with Crippen molar-refractivity contribution in [2.24, 2.45) is 0 Å². The van der Waals surface area contributed by atoms with Gasteiger partial charge in [0.25, 0.3) is 0 Å². The first-order chi connectivity index (χ1) is 11.1. The molecule has 2 N–H and O–H groups in total. The predicted molar refractivity (Wildman–Crippen MR) is 90.9 cm³/mol. The van der Waals surface area contributed by atoms with Crippen LogP contribution in [0.3, 0.4) is 0 Å². The minimum Gasteiger partial charge on any atom is -0.331 e. The van der Waals surface area contributed by atoms with Crippen LogP contribution in [0.5, 0.6) is 0 Å². The van der Waals surface area contributed by atoms with Gasteiger partial charge in [0.15, 0.2) is 0 Å². The number of benzene rings is 3. The lowest BCUT2D eigenvalue weighted by atomic mass is 10.00. The molecule has 0 aromatic heterocycles. The lowest BCUT2D eigenvalue weighted by Crippen LogP contribution is -2.31. The number of urea groups is 1. The number of hydrogen-bond acceptors (Lipinski definition) is 1. The highest BCUT2D eigenvalue weighted by Gasteiger charge is 2.12. The summed E-state index contributed by atoms with van der Waals surface area (Å²) in [4.78, 5) is 12.1. The van der Waals surface area contributed by atoms with Crippen molar-refractivity contribution in [3.63, 3.8) is 0 Å². The molecule has 0 bridgehead atoms. The van der Waals surface area contributed by atoms with E-state index in [2.05, 4.69) is 10.6 Å². The van der Waals surface area contributed by atoms with Gasteiger partial charge in [-0.2, -0.15) is 0 Å². The molecular weight excluding hydrogens is 291 g/mol. The van der Waals surface area contributed by atoms with E-state index >= 15 is 0 Å². The Morgan fingerprint density at radius 3 is 2.57 bits per heavy atom. The second kappa shape index (κ2) is 6.48. The number of anilines is 1. The van der Waals surface area contributed by atoms with Crippen molar-refractivity contribution in [3.8, 4) is 0 Å². The largest absolute Gasteiger partial charge is 0.331 e. The van der Waals surface area contributed by atoms with E-state index in [9.17, 15) is 9.18 Å². The lowest BCUT2D eigenvalue weighted by Gasteiger charge is -2.17. The van der Waals surface area contributed by atoms with Crippen LogP contribution in [0, 0.1) is 5.82 Å². The Morgan fingerprint density at radius 1 is 1.00 bits per heavy atom. The van der Waals surface area contributed by atoms with Gasteiger partial charge in [-0.25, -0.2) is 9.18 Å². The topological polar surface area (TPSA) is 41.1 Å². The molecule has 3 aromatic carbocycles. The van der Waals surface area contributed by atoms with Crippen LogP contribution in [-0.4, -0.2) is 6.03 Å². The minimum atomic E-state index is -0.384. The molecule has 1 unspecified atom stereocenters. The van der Waals surface area contributed by atoms with Crippen LogP contribution in [0.4, 0.5) is 14.9 Å². The average molecular weight is 308 g/mol. The summed E-state index contributed by atoms with van der Waals surface area (Å²) in [5.41, 5.74) is 1.46. The fourth-order valence-electron chi connectivity index (χ4n) is 2.64. The second-order valence-electron chi connectivity index (χ2n) is 5.40. The number of rotatable bonds is 3. The van der Waals surface area contributed by atoms with Crippen molar-refractivity contribution in [2.75, 3.05) is 5.32 Å². The smallest absolute Gasteiger partial charge is 0.319 e. The number of hydrogen-bond donors (Lipinski definition) is 2. The summed E-state index contributed by atoms with van der Waals surface area (Å²) in [6.07, 6.45) is 0. The molecule has 0 spiro atoms. The third-order valence-electron chi connectivity index (χ3n) is 3.72. The van der Waals surface area contributed by atoms with Crippen molar-refractivity contribution in [1.29, 1.82) is 0 Å². The maximum absolute atomic E-state index is 13.1. The Hall–Kier alpha value is -2.88. The zero-order valence-electron chi connectivity index (χ0n) is 12.7. The van der Waals surface area contributed by atoms with Crippen molar-refractivity contribution in [1.82, 2.24) is 5.32 Å². The summed E-state index contributed by atoms with van der Waals surface area (Å²) in [6.45, 7) is 1.92. The summed E-state index contributed by atoms with van der Waals surface area (Å²) in [6, 6.07) is 19.3. The van der Waals surface area contributed by atoms with Crippen molar-refractivity contribution < 1.29 is 9.18 Å². The average Bonchev–Trinajstić information content (AvgIpc) is 2.54. The minimum absolute atomic E-state index is 0.172. The molecule has 116 valence electrons. The zero-order valence-corrected chi connectivity index (χ0v) is 12.7. The van der Waals surface area contributed by atoms with E-state index in [1.807, 2.05) is 49.4 Å². The van der Waals surface area contributed by atoms with Crippen molar-refractivity contribution in [2.45, 2.75) is 13.0 Å². The summed E-state index contributed by atoms with van der Waals surface area (Å²) in [7, 11) is 0. The van der Waals surface area contributed by atoms with Gasteiger partial charge in [0, 0.05) is 5.69 Å². The third-order valence-corrected chi connectivity index (χ3v) is 3.72. The fraction of sp³-hybridized carbons (Fsp3) is 0.105. The van der Waals surface area contributed by atoms with E-state index in [0.717, 1.165) is 16.3 Å². The van der Waals surface area contributed by atoms with Crippen LogP contribution in [0.2, 0.25) is 0 Å². The van der Waals surface area contributed by atoms with Crippen LogP contribution in [0.15, 0.2) is 66.7 Å². The van der Waals surface area contributed by atoms with Crippen LogP contribution < -0.4 is 10.6 Å². The third kappa shape index (κ3) is 3.48. The summed E-state index contributed by atoms with van der Waals surface area (Å²) in [5, 5.41) is 7.76. The van der Waals surface area contributed by atoms with Gasteiger partial charge in [-0.3, -0.25) is 0 Å². The van der Waals surface area contributed by atoms with Gasteiger partial charge in [-0.15, -0.1) is 0 Å². The Bertz CT molecular complexity index is 842. The molecule has 0 fully saturated rings. The molecule has 0 aliphatic rings. The molecule has 23 heavy (non-hydrogen) atoms. The first-order valence-corrected chi connectivity index (χ1v) is 7.44. The molecule has 1 atom stereocenters. The Labute approximate surface area is 134 Å². The molecular formula is C19H17FN2O. The van der Waals surface area contributed by atoms with Gasteiger partial charge in [-0.1, -0.05) is 48.5 Å². The highest BCUT2D eigenvalue weighted by molar-refractivity contribution is 5.91. The predicted octanol–water partition coefficient (Wildman–Crippen LogP) is 4.86. The van der Waals surface area contributed by atoms with Gasteiger partial charge >= 0.3 is 6.03 Å². The fourth-order valence-corrected chi connectivity index (χ4v) is 2.64. The highest BCUT2D eigenvalue weighted by atomic mass is 19.1. The maximum Gasteiger partial charge on any atom is 0.319 e. The molecule has 2 amide bonds. The molecule has 3 rings (SSSR count). The van der Waals surface area contributed by atoms with Crippen LogP contribution in [-0.2, 0) is 0 Å². The van der Waals surface area contributed by atoms with Crippen molar-refractivity contribution in [3.05, 3.63) is 78.1 Å². The zero-order chi connectivity index (χ0) is 16.2. The molecule has 3 nitrogen and oxygen atoms in total. The van der Waals surface area contributed by atoms with E-state index in [0.29, 0.717) is 5.69 Å². The van der Waals surface area contributed by atoms with Crippen LogP contribution in [0.25, 0.3) is 10.8 Å². The number of carbonyl (C=O) groups excluding carboxylic acids is 1. The van der Waals surface area contributed by atoms with E-state index < -0.39 is 0 Å². The number of carbonyl (C=O) groups is 1. The van der Waals surface area contributed by atoms with E-state index in [1.54, 1.807) is 12.1 Å². The van der Waals surface area contributed by atoms with Gasteiger partial charge in [0.2, 0.25) is 0 Å². The monoisotopic (exact) mass is 308 g/mol. The van der Waals surface area contributed by atoms with Gasteiger partial charge in [0.1, 0.15) is 5.82 Å². The number of halogens is 1. The van der Waals surface area contributed by atoms with E-state index in [4.69, 9.17) is 0 Å².